The predicted molar refractivity (Wildman–Crippen MR) is 78.9 cm³/mol. The molecule has 2 rings (SSSR count). The van der Waals surface area contributed by atoms with Gasteiger partial charge in [0.25, 0.3) is 5.91 Å². The van der Waals surface area contributed by atoms with E-state index in [-0.39, 0.29) is 12.5 Å². The van der Waals surface area contributed by atoms with Crippen LogP contribution >= 0.6 is 15.9 Å². The first kappa shape index (κ1) is 14.2. The van der Waals surface area contributed by atoms with E-state index in [2.05, 4.69) is 26.2 Å². The molecule has 20 heavy (non-hydrogen) atoms. The van der Waals surface area contributed by atoms with Crippen molar-refractivity contribution in [2.75, 3.05) is 5.32 Å². The van der Waals surface area contributed by atoms with Crippen molar-refractivity contribution in [2.24, 2.45) is 5.73 Å². The first-order valence-corrected chi connectivity index (χ1v) is 6.59. The van der Waals surface area contributed by atoms with Crippen LogP contribution in [-0.2, 0) is 6.54 Å². The molecule has 1 aromatic carbocycles. The second-order valence-electron chi connectivity index (χ2n) is 4.00. The molecule has 2 aromatic rings. The molecule has 1 amide bonds. The van der Waals surface area contributed by atoms with Crippen molar-refractivity contribution in [3.63, 3.8) is 0 Å². The minimum absolute atomic E-state index is 0.265. The van der Waals surface area contributed by atoms with Crippen molar-refractivity contribution in [1.82, 2.24) is 4.98 Å². The third-order valence-electron chi connectivity index (χ3n) is 2.64. The number of nitrogens with zero attached hydrogens (tertiary/aromatic N) is 2. The van der Waals surface area contributed by atoms with Crippen LogP contribution in [-0.4, -0.2) is 10.9 Å². The maximum Gasteiger partial charge on any atom is 0.255 e. The number of carbonyl (C=O) groups is 1. The summed E-state index contributed by atoms with van der Waals surface area (Å²) in [7, 11) is 0. The molecule has 0 bridgehead atoms. The molecule has 0 saturated heterocycles. The van der Waals surface area contributed by atoms with Gasteiger partial charge in [0.2, 0.25) is 0 Å². The summed E-state index contributed by atoms with van der Waals surface area (Å²) in [6.07, 6.45) is 1.53. The lowest BCUT2D eigenvalue weighted by atomic mass is 10.1. The highest BCUT2D eigenvalue weighted by Crippen LogP contribution is 2.21. The highest BCUT2D eigenvalue weighted by molar-refractivity contribution is 9.10. The summed E-state index contributed by atoms with van der Waals surface area (Å²) in [5.41, 5.74) is 7.43. The molecule has 1 aromatic heterocycles. The van der Waals surface area contributed by atoms with Crippen LogP contribution in [0.25, 0.3) is 0 Å². The van der Waals surface area contributed by atoms with Crippen LogP contribution < -0.4 is 11.1 Å². The van der Waals surface area contributed by atoms with Crippen LogP contribution in [0.1, 0.15) is 21.6 Å². The van der Waals surface area contributed by atoms with Crippen molar-refractivity contribution in [3.05, 3.63) is 57.8 Å². The fourth-order valence-corrected chi connectivity index (χ4v) is 2.00. The van der Waals surface area contributed by atoms with Gasteiger partial charge >= 0.3 is 0 Å². The summed E-state index contributed by atoms with van der Waals surface area (Å²) in [5.74, 6) is -0.309. The highest BCUT2D eigenvalue weighted by atomic mass is 79.9. The number of nitrogens with two attached hydrogens (primary N) is 1. The van der Waals surface area contributed by atoms with Gasteiger partial charge in [-0.3, -0.25) is 9.78 Å². The largest absolute Gasteiger partial charge is 0.325 e. The molecular weight excluding hydrogens is 320 g/mol. The van der Waals surface area contributed by atoms with Gasteiger partial charge in [0, 0.05) is 22.8 Å². The summed E-state index contributed by atoms with van der Waals surface area (Å²) in [5, 5.41) is 11.7. The first-order chi connectivity index (χ1) is 9.63. The Hall–Kier alpha value is -2.23. The molecule has 0 aliphatic carbocycles. The van der Waals surface area contributed by atoms with E-state index in [0.29, 0.717) is 22.5 Å². The molecule has 0 radical (unpaired) electrons. The molecule has 6 heteroatoms. The Balaban J connectivity index is 2.28. The van der Waals surface area contributed by atoms with Crippen molar-refractivity contribution < 1.29 is 4.79 Å². The van der Waals surface area contributed by atoms with Crippen molar-refractivity contribution in [1.29, 1.82) is 5.26 Å². The van der Waals surface area contributed by atoms with Crippen molar-refractivity contribution in [3.8, 4) is 6.07 Å². The normalized spacial score (nSPS) is 9.85. The Kier molecular flexibility index (Phi) is 4.45. The van der Waals surface area contributed by atoms with E-state index in [0.717, 1.165) is 4.47 Å². The molecule has 0 fully saturated rings. The standard InChI is InChI=1S/C14H11BrN4O/c15-11-2-1-10(7-16)13(6-11)19-14(20)9-3-4-18-12(5-9)8-17/h1-6H,8,17H2,(H,19,20). The second kappa shape index (κ2) is 6.28. The third kappa shape index (κ3) is 3.20. The summed E-state index contributed by atoms with van der Waals surface area (Å²) < 4.78 is 0.782. The first-order valence-electron chi connectivity index (χ1n) is 5.80. The van der Waals surface area contributed by atoms with Crippen LogP contribution in [0.3, 0.4) is 0 Å². The molecule has 0 spiro atoms. The van der Waals surface area contributed by atoms with Crippen LogP contribution in [0, 0.1) is 11.3 Å². The molecule has 3 N–H and O–H groups in total. The summed E-state index contributed by atoms with van der Waals surface area (Å²) in [6.45, 7) is 0.265. The number of amides is 1. The lowest BCUT2D eigenvalue weighted by Gasteiger charge is -2.08. The number of halogens is 1. The number of carbonyl (C=O) groups excluding carboxylic acids is 1. The van der Waals surface area contributed by atoms with Gasteiger partial charge in [-0.2, -0.15) is 5.26 Å². The van der Waals surface area contributed by atoms with Gasteiger partial charge in [-0.25, -0.2) is 0 Å². The lowest BCUT2D eigenvalue weighted by molar-refractivity contribution is 0.102. The molecule has 0 unspecified atom stereocenters. The number of nitrogens with one attached hydrogen (secondary N) is 1. The smallest absolute Gasteiger partial charge is 0.255 e. The third-order valence-corrected chi connectivity index (χ3v) is 3.13. The maximum atomic E-state index is 12.2. The highest BCUT2D eigenvalue weighted by Gasteiger charge is 2.10. The van der Waals surface area contributed by atoms with Gasteiger partial charge in [0.1, 0.15) is 6.07 Å². The van der Waals surface area contributed by atoms with Gasteiger partial charge in [0.05, 0.1) is 16.9 Å². The SMILES string of the molecule is N#Cc1ccc(Br)cc1NC(=O)c1ccnc(CN)c1. The zero-order valence-electron chi connectivity index (χ0n) is 10.4. The van der Waals surface area contributed by atoms with Crippen molar-refractivity contribution in [2.45, 2.75) is 6.54 Å². The summed E-state index contributed by atoms with van der Waals surface area (Å²) in [4.78, 5) is 16.2. The minimum atomic E-state index is -0.309. The molecule has 0 atom stereocenters. The molecule has 100 valence electrons. The zero-order chi connectivity index (χ0) is 14.5. The number of anilines is 1. The van der Waals surface area contributed by atoms with Gasteiger partial charge in [-0.15, -0.1) is 0 Å². The van der Waals surface area contributed by atoms with Gasteiger partial charge in [0.15, 0.2) is 0 Å². The van der Waals surface area contributed by atoms with Crippen LogP contribution in [0.5, 0.6) is 0 Å². The monoisotopic (exact) mass is 330 g/mol. The Morgan fingerprint density at radius 3 is 2.90 bits per heavy atom. The number of nitriles is 1. The Bertz CT molecular complexity index is 694. The Morgan fingerprint density at radius 2 is 2.20 bits per heavy atom. The van der Waals surface area contributed by atoms with E-state index in [4.69, 9.17) is 11.0 Å². The molecule has 5 nitrogen and oxygen atoms in total. The molecule has 0 saturated carbocycles. The van der Waals surface area contributed by atoms with E-state index in [1.54, 1.807) is 30.3 Å². The van der Waals surface area contributed by atoms with E-state index in [9.17, 15) is 4.79 Å². The quantitative estimate of drug-likeness (QED) is 0.903. The predicted octanol–water partition coefficient (Wildman–Crippen LogP) is 2.43. The van der Waals surface area contributed by atoms with Crippen LogP contribution in [0.15, 0.2) is 41.0 Å². The average Bonchev–Trinajstić information content (AvgIpc) is 2.47. The summed E-state index contributed by atoms with van der Waals surface area (Å²) >= 11 is 3.31. The Labute approximate surface area is 124 Å². The van der Waals surface area contributed by atoms with E-state index in [1.807, 2.05) is 6.07 Å². The number of hydrogen-bond donors (Lipinski definition) is 2. The van der Waals surface area contributed by atoms with Crippen LogP contribution in [0.4, 0.5) is 5.69 Å². The maximum absolute atomic E-state index is 12.2. The second-order valence-corrected chi connectivity index (χ2v) is 4.91. The zero-order valence-corrected chi connectivity index (χ0v) is 12.0. The number of benzene rings is 1. The van der Waals surface area contributed by atoms with E-state index >= 15 is 0 Å². The number of aromatic nitrogens is 1. The minimum Gasteiger partial charge on any atom is -0.325 e. The lowest BCUT2D eigenvalue weighted by Crippen LogP contribution is -2.14. The number of pyridine rings is 1. The summed E-state index contributed by atoms with van der Waals surface area (Å²) in [6, 6.07) is 10.3. The molecular formula is C14H11BrN4O. The van der Waals surface area contributed by atoms with E-state index < -0.39 is 0 Å². The van der Waals surface area contributed by atoms with Gasteiger partial charge in [-0.1, -0.05) is 15.9 Å². The van der Waals surface area contributed by atoms with Crippen molar-refractivity contribution >= 4 is 27.5 Å². The molecule has 0 aliphatic rings. The molecule has 1 heterocycles. The number of hydrogen-bond acceptors (Lipinski definition) is 4. The average molecular weight is 331 g/mol. The van der Waals surface area contributed by atoms with Gasteiger partial charge < -0.3 is 11.1 Å². The van der Waals surface area contributed by atoms with Gasteiger partial charge in [-0.05, 0) is 30.3 Å². The number of rotatable bonds is 3. The fourth-order valence-electron chi connectivity index (χ4n) is 1.64. The van der Waals surface area contributed by atoms with Crippen LogP contribution in [0.2, 0.25) is 0 Å². The topological polar surface area (TPSA) is 91.8 Å². The van der Waals surface area contributed by atoms with E-state index in [1.165, 1.54) is 6.20 Å². The molecule has 0 aliphatic heterocycles. The fraction of sp³-hybridized carbons (Fsp3) is 0.0714. The Morgan fingerprint density at radius 1 is 1.40 bits per heavy atom.